The van der Waals surface area contributed by atoms with E-state index in [1.165, 1.54) is 5.01 Å². The lowest BCUT2D eigenvalue weighted by atomic mass is 9.86. The van der Waals surface area contributed by atoms with Crippen molar-refractivity contribution in [3.63, 3.8) is 0 Å². The number of carbonyl (C=O) groups is 2. The Labute approximate surface area is 70.9 Å². The lowest BCUT2D eigenvalue weighted by Crippen LogP contribution is -2.32. The molecule has 2 aliphatic rings. The van der Waals surface area contributed by atoms with Crippen LogP contribution in [0, 0.1) is 5.41 Å². The zero-order chi connectivity index (χ0) is 8.77. The molecule has 0 bridgehead atoms. The maximum Gasteiger partial charge on any atom is 0.256 e. The average molecular weight is 168 g/mol. The number of amides is 2. The molecule has 2 rings (SSSR count). The summed E-state index contributed by atoms with van der Waals surface area (Å²) in [7, 11) is 1.60. The molecule has 1 spiro atoms. The quantitative estimate of drug-likeness (QED) is 0.519. The van der Waals surface area contributed by atoms with E-state index in [4.69, 9.17) is 0 Å². The molecule has 4 nitrogen and oxygen atoms in total. The number of hydrazine groups is 1. The monoisotopic (exact) mass is 168 g/mol. The summed E-state index contributed by atoms with van der Waals surface area (Å²) in [4.78, 5) is 23.0. The van der Waals surface area contributed by atoms with Crippen LogP contribution in [-0.4, -0.2) is 23.9 Å². The van der Waals surface area contributed by atoms with E-state index >= 15 is 0 Å². The fourth-order valence-corrected chi connectivity index (χ4v) is 2.15. The van der Waals surface area contributed by atoms with Gasteiger partial charge in [0.2, 0.25) is 0 Å². The molecule has 1 aliphatic carbocycles. The van der Waals surface area contributed by atoms with Crippen molar-refractivity contribution in [3.05, 3.63) is 0 Å². The highest BCUT2D eigenvalue weighted by molar-refractivity contribution is 6.09. The van der Waals surface area contributed by atoms with E-state index in [9.17, 15) is 9.59 Å². The predicted octanol–water partition coefficient (Wildman–Crippen LogP) is 0.0500. The molecule has 1 aliphatic heterocycles. The summed E-state index contributed by atoms with van der Waals surface area (Å²) in [5.74, 6) is -0.155. The molecular formula is C8H12N2O2. The topological polar surface area (TPSA) is 49.4 Å². The Morgan fingerprint density at radius 2 is 1.92 bits per heavy atom. The summed E-state index contributed by atoms with van der Waals surface area (Å²) < 4.78 is 0. The van der Waals surface area contributed by atoms with Crippen LogP contribution in [0.2, 0.25) is 0 Å². The van der Waals surface area contributed by atoms with E-state index in [1.807, 2.05) is 0 Å². The molecule has 0 aromatic carbocycles. The minimum atomic E-state index is -0.686. The van der Waals surface area contributed by atoms with Crippen molar-refractivity contribution in [3.8, 4) is 0 Å². The fourth-order valence-electron chi connectivity index (χ4n) is 2.15. The molecule has 1 saturated carbocycles. The highest BCUT2D eigenvalue weighted by Crippen LogP contribution is 2.41. The number of nitrogens with one attached hydrogen (secondary N) is 1. The van der Waals surface area contributed by atoms with Gasteiger partial charge >= 0.3 is 0 Å². The van der Waals surface area contributed by atoms with E-state index in [0.717, 1.165) is 25.7 Å². The number of nitrogens with zero attached hydrogens (tertiary/aromatic N) is 1. The van der Waals surface area contributed by atoms with Gasteiger partial charge in [-0.3, -0.25) is 20.0 Å². The summed E-state index contributed by atoms with van der Waals surface area (Å²) in [5.41, 5.74) is 1.86. The Hall–Kier alpha value is -1.06. The van der Waals surface area contributed by atoms with E-state index in [0.29, 0.717) is 0 Å². The molecule has 1 heterocycles. The second kappa shape index (κ2) is 2.21. The minimum absolute atomic E-state index is 0.0509. The zero-order valence-corrected chi connectivity index (χ0v) is 7.09. The van der Waals surface area contributed by atoms with E-state index in [1.54, 1.807) is 7.05 Å². The van der Waals surface area contributed by atoms with E-state index < -0.39 is 5.41 Å². The molecule has 1 N–H and O–H groups in total. The Balaban J connectivity index is 2.34. The SMILES string of the molecule is CN1NC(=O)C2(CCCC2)C1=O. The molecule has 0 atom stereocenters. The molecule has 12 heavy (non-hydrogen) atoms. The van der Waals surface area contributed by atoms with Crippen LogP contribution >= 0.6 is 0 Å². The van der Waals surface area contributed by atoms with Crippen LogP contribution in [-0.2, 0) is 9.59 Å². The third-order valence-electron chi connectivity index (χ3n) is 2.88. The van der Waals surface area contributed by atoms with Crippen molar-refractivity contribution in [1.82, 2.24) is 10.4 Å². The molecule has 66 valence electrons. The molecular weight excluding hydrogens is 156 g/mol. The average Bonchev–Trinajstić information content (AvgIpc) is 2.57. The second-order valence-electron chi connectivity index (χ2n) is 3.59. The standard InChI is InChI=1S/C8H12N2O2/c1-10-7(12)8(6(11)9-10)4-2-3-5-8/h2-5H2,1H3,(H,9,11). The minimum Gasteiger partial charge on any atom is -0.272 e. The molecule has 0 radical (unpaired) electrons. The Morgan fingerprint density at radius 1 is 1.33 bits per heavy atom. The highest BCUT2D eigenvalue weighted by Gasteiger charge is 2.54. The van der Waals surface area contributed by atoms with Gasteiger partial charge in [0.05, 0.1) is 0 Å². The third-order valence-corrected chi connectivity index (χ3v) is 2.88. The number of carbonyl (C=O) groups excluding carboxylic acids is 2. The van der Waals surface area contributed by atoms with Crippen molar-refractivity contribution in [2.75, 3.05) is 7.05 Å². The van der Waals surface area contributed by atoms with Gasteiger partial charge in [-0.2, -0.15) is 0 Å². The smallest absolute Gasteiger partial charge is 0.256 e. The van der Waals surface area contributed by atoms with Crippen LogP contribution in [0.5, 0.6) is 0 Å². The first-order valence-electron chi connectivity index (χ1n) is 4.26. The van der Waals surface area contributed by atoms with Crippen LogP contribution in [0.1, 0.15) is 25.7 Å². The fraction of sp³-hybridized carbons (Fsp3) is 0.750. The van der Waals surface area contributed by atoms with Gasteiger partial charge in [0.25, 0.3) is 11.8 Å². The zero-order valence-electron chi connectivity index (χ0n) is 7.09. The molecule has 4 heteroatoms. The maximum absolute atomic E-state index is 11.6. The molecule has 0 unspecified atom stereocenters. The van der Waals surface area contributed by atoms with Crippen LogP contribution in [0.3, 0.4) is 0 Å². The number of hydrogen-bond donors (Lipinski definition) is 1. The van der Waals surface area contributed by atoms with Crippen molar-refractivity contribution in [1.29, 1.82) is 0 Å². The number of rotatable bonds is 0. The van der Waals surface area contributed by atoms with Crippen LogP contribution in [0.4, 0.5) is 0 Å². The van der Waals surface area contributed by atoms with Gasteiger partial charge in [-0.25, -0.2) is 0 Å². The molecule has 0 aromatic rings. The normalized spacial score (nSPS) is 26.9. The van der Waals surface area contributed by atoms with Crippen LogP contribution in [0.15, 0.2) is 0 Å². The Kier molecular flexibility index (Phi) is 1.40. The summed E-state index contributed by atoms with van der Waals surface area (Å²) >= 11 is 0. The predicted molar refractivity (Wildman–Crippen MR) is 41.8 cm³/mol. The summed E-state index contributed by atoms with van der Waals surface area (Å²) in [5, 5.41) is 1.31. The van der Waals surface area contributed by atoms with Gasteiger partial charge in [0, 0.05) is 7.05 Å². The summed E-state index contributed by atoms with van der Waals surface area (Å²) in [6.07, 6.45) is 3.43. The Bertz CT molecular complexity index is 243. The van der Waals surface area contributed by atoms with Gasteiger partial charge < -0.3 is 0 Å². The van der Waals surface area contributed by atoms with Crippen molar-refractivity contribution in [2.45, 2.75) is 25.7 Å². The lowest BCUT2D eigenvalue weighted by Gasteiger charge is -2.15. The molecule has 2 amide bonds. The van der Waals surface area contributed by atoms with Gasteiger partial charge in [-0.05, 0) is 12.8 Å². The summed E-state index contributed by atoms with van der Waals surface area (Å²) in [6.45, 7) is 0. The Morgan fingerprint density at radius 3 is 2.33 bits per heavy atom. The van der Waals surface area contributed by atoms with Crippen molar-refractivity contribution < 1.29 is 9.59 Å². The lowest BCUT2D eigenvalue weighted by molar-refractivity contribution is -0.138. The van der Waals surface area contributed by atoms with Gasteiger partial charge in [-0.15, -0.1) is 0 Å². The molecule has 0 aromatic heterocycles. The van der Waals surface area contributed by atoms with Gasteiger partial charge in [0.1, 0.15) is 5.41 Å². The van der Waals surface area contributed by atoms with E-state index in [-0.39, 0.29) is 11.8 Å². The first-order valence-corrected chi connectivity index (χ1v) is 4.26. The van der Waals surface area contributed by atoms with Crippen molar-refractivity contribution in [2.24, 2.45) is 5.41 Å². The second-order valence-corrected chi connectivity index (χ2v) is 3.59. The van der Waals surface area contributed by atoms with Crippen molar-refractivity contribution >= 4 is 11.8 Å². The maximum atomic E-state index is 11.6. The summed E-state index contributed by atoms with van der Waals surface area (Å²) in [6, 6.07) is 0. The van der Waals surface area contributed by atoms with Gasteiger partial charge in [-0.1, -0.05) is 12.8 Å². The van der Waals surface area contributed by atoms with E-state index in [2.05, 4.69) is 5.43 Å². The number of hydrogen-bond acceptors (Lipinski definition) is 2. The first kappa shape index (κ1) is 7.58. The van der Waals surface area contributed by atoms with Crippen LogP contribution < -0.4 is 5.43 Å². The molecule has 1 saturated heterocycles. The third kappa shape index (κ3) is 0.722. The van der Waals surface area contributed by atoms with Crippen LogP contribution in [0.25, 0.3) is 0 Å². The first-order chi connectivity index (χ1) is 5.67. The largest absolute Gasteiger partial charge is 0.272 e. The highest BCUT2D eigenvalue weighted by atomic mass is 16.2. The van der Waals surface area contributed by atoms with Gasteiger partial charge in [0.15, 0.2) is 0 Å². The molecule has 2 fully saturated rings.